The molecule has 2 aliphatic rings. The van der Waals surface area contributed by atoms with E-state index in [2.05, 4.69) is 0 Å². The van der Waals surface area contributed by atoms with E-state index < -0.39 is 5.97 Å². The van der Waals surface area contributed by atoms with Crippen molar-refractivity contribution in [2.24, 2.45) is 0 Å². The van der Waals surface area contributed by atoms with Gasteiger partial charge in [-0.15, -0.1) is 0 Å². The first-order valence-electron chi connectivity index (χ1n) is 6.87. The molecule has 0 spiro atoms. The summed E-state index contributed by atoms with van der Waals surface area (Å²) in [7, 11) is 0. The molecule has 0 bridgehead atoms. The zero-order chi connectivity index (χ0) is 13.7. The van der Waals surface area contributed by atoms with Crippen LogP contribution >= 0.6 is 0 Å². The topological polar surface area (TPSA) is 76.1 Å². The molecule has 108 valence electrons. The molecule has 0 saturated carbocycles. The quantitative estimate of drug-likeness (QED) is 0.794. The molecule has 1 atom stereocenters. The maximum atomic E-state index is 12.3. The van der Waals surface area contributed by atoms with E-state index >= 15 is 0 Å². The van der Waals surface area contributed by atoms with E-state index in [0.29, 0.717) is 39.1 Å². The summed E-state index contributed by atoms with van der Waals surface area (Å²) < 4.78 is 10.7. The number of hydrogen-bond donors (Lipinski definition) is 1. The summed E-state index contributed by atoms with van der Waals surface area (Å²) in [6, 6.07) is -0.0150. The van der Waals surface area contributed by atoms with Gasteiger partial charge >= 0.3 is 5.97 Å². The maximum Gasteiger partial charge on any atom is 0.323 e. The first-order valence-corrected chi connectivity index (χ1v) is 6.87. The van der Waals surface area contributed by atoms with Crippen molar-refractivity contribution in [2.45, 2.75) is 44.2 Å². The van der Waals surface area contributed by atoms with Gasteiger partial charge in [0.1, 0.15) is 6.54 Å². The largest absolute Gasteiger partial charge is 0.480 e. The highest BCUT2D eigenvalue weighted by Crippen LogP contribution is 2.20. The number of carboxylic acids is 1. The number of carbonyl (C=O) groups excluding carboxylic acids is 1. The second-order valence-electron chi connectivity index (χ2n) is 5.10. The minimum absolute atomic E-state index is 0.0150. The molecule has 0 aliphatic carbocycles. The number of hydrogen-bond acceptors (Lipinski definition) is 4. The first kappa shape index (κ1) is 14.3. The summed E-state index contributed by atoms with van der Waals surface area (Å²) in [5.74, 6) is -1.08. The average molecular weight is 271 g/mol. The van der Waals surface area contributed by atoms with Crippen LogP contribution in [0.5, 0.6) is 0 Å². The van der Waals surface area contributed by atoms with Gasteiger partial charge in [0.15, 0.2) is 0 Å². The molecule has 2 aliphatic heterocycles. The minimum Gasteiger partial charge on any atom is -0.480 e. The van der Waals surface area contributed by atoms with Crippen LogP contribution in [0.2, 0.25) is 0 Å². The fourth-order valence-electron chi connectivity index (χ4n) is 2.68. The van der Waals surface area contributed by atoms with E-state index in [4.69, 9.17) is 14.6 Å². The van der Waals surface area contributed by atoms with Crippen molar-refractivity contribution in [3.63, 3.8) is 0 Å². The van der Waals surface area contributed by atoms with Crippen LogP contribution in [0.25, 0.3) is 0 Å². The lowest BCUT2D eigenvalue weighted by Gasteiger charge is -2.33. The SMILES string of the molecule is O=C(O)CN(C(=O)C[C@@H]1CCCO1)C1CCOCC1. The fraction of sp³-hybridized carbons (Fsp3) is 0.846. The van der Waals surface area contributed by atoms with E-state index in [0.717, 1.165) is 12.8 Å². The molecule has 1 N–H and O–H groups in total. The van der Waals surface area contributed by atoms with Crippen molar-refractivity contribution in [1.29, 1.82) is 0 Å². The second kappa shape index (κ2) is 6.86. The molecule has 0 aromatic carbocycles. The fourth-order valence-corrected chi connectivity index (χ4v) is 2.68. The molecule has 0 aromatic rings. The third kappa shape index (κ3) is 4.18. The Balaban J connectivity index is 1.94. The Morgan fingerprint density at radius 1 is 1.16 bits per heavy atom. The summed E-state index contributed by atoms with van der Waals surface area (Å²) in [5.41, 5.74) is 0. The zero-order valence-corrected chi connectivity index (χ0v) is 11.0. The smallest absolute Gasteiger partial charge is 0.323 e. The van der Waals surface area contributed by atoms with Crippen LogP contribution in [-0.4, -0.2) is 60.4 Å². The van der Waals surface area contributed by atoms with Gasteiger partial charge in [0.25, 0.3) is 0 Å². The van der Waals surface area contributed by atoms with Crippen molar-refractivity contribution in [1.82, 2.24) is 4.90 Å². The number of nitrogens with zero attached hydrogens (tertiary/aromatic N) is 1. The van der Waals surface area contributed by atoms with Crippen LogP contribution in [0.1, 0.15) is 32.1 Å². The number of carboxylic acid groups (broad SMARTS) is 1. The Bertz CT molecular complexity index is 321. The number of carbonyl (C=O) groups is 2. The highest BCUT2D eigenvalue weighted by atomic mass is 16.5. The van der Waals surface area contributed by atoms with Gasteiger partial charge in [-0.05, 0) is 25.7 Å². The molecule has 2 fully saturated rings. The van der Waals surface area contributed by atoms with Gasteiger partial charge in [-0.3, -0.25) is 9.59 Å². The zero-order valence-electron chi connectivity index (χ0n) is 11.0. The Labute approximate surface area is 112 Å². The van der Waals surface area contributed by atoms with Crippen molar-refractivity contribution in [2.75, 3.05) is 26.4 Å². The molecule has 19 heavy (non-hydrogen) atoms. The van der Waals surface area contributed by atoms with E-state index in [1.54, 1.807) is 0 Å². The Hall–Kier alpha value is -1.14. The summed E-state index contributed by atoms with van der Waals surface area (Å²) >= 11 is 0. The standard InChI is InChI=1S/C13H21NO5/c15-12(8-11-2-1-5-19-11)14(9-13(16)17)10-3-6-18-7-4-10/h10-11H,1-9H2,(H,16,17)/t11-/m0/s1. The normalized spacial score (nSPS) is 24.3. The molecular formula is C13H21NO5. The highest BCUT2D eigenvalue weighted by molar-refractivity contribution is 5.82. The van der Waals surface area contributed by atoms with Crippen molar-refractivity contribution in [3.8, 4) is 0 Å². The van der Waals surface area contributed by atoms with E-state index in [1.807, 2.05) is 0 Å². The van der Waals surface area contributed by atoms with Crippen molar-refractivity contribution < 1.29 is 24.2 Å². The summed E-state index contributed by atoms with van der Waals surface area (Å²) in [4.78, 5) is 24.7. The average Bonchev–Trinajstić information content (AvgIpc) is 2.89. The van der Waals surface area contributed by atoms with Crippen LogP contribution in [0.15, 0.2) is 0 Å². The van der Waals surface area contributed by atoms with Gasteiger partial charge in [-0.25, -0.2) is 0 Å². The van der Waals surface area contributed by atoms with E-state index in [9.17, 15) is 9.59 Å². The summed E-state index contributed by atoms with van der Waals surface area (Å²) in [5, 5.41) is 8.97. The van der Waals surface area contributed by atoms with Crippen molar-refractivity contribution in [3.05, 3.63) is 0 Å². The summed E-state index contributed by atoms with van der Waals surface area (Å²) in [6.45, 7) is 1.66. The third-order valence-electron chi connectivity index (χ3n) is 3.68. The number of amides is 1. The highest BCUT2D eigenvalue weighted by Gasteiger charge is 2.30. The molecule has 2 saturated heterocycles. The molecule has 6 nitrogen and oxygen atoms in total. The van der Waals surface area contributed by atoms with Gasteiger partial charge in [0, 0.05) is 25.9 Å². The van der Waals surface area contributed by atoms with Crippen molar-refractivity contribution >= 4 is 11.9 Å². The van der Waals surface area contributed by atoms with Crippen LogP contribution < -0.4 is 0 Å². The molecule has 2 heterocycles. The number of ether oxygens (including phenoxy) is 2. The Morgan fingerprint density at radius 3 is 2.47 bits per heavy atom. The van der Waals surface area contributed by atoms with Crippen LogP contribution in [0.4, 0.5) is 0 Å². The van der Waals surface area contributed by atoms with Crippen LogP contribution in [0.3, 0.4) is 0 Å². The molecule has 0 aromatic heterocycles. The van der Waals surface area contributed by atoms with E-state index in [-0.39, 0.29) is 24.6 Å². The molecule has 6 heteroatoms. The van der Waals surface area contributed by atoms with Gasteiger partial charge in [-0.2, -0.15) is 0 Å². The second-order valence-corrected chi connectivity index (χ2v) is 5.10. The van der Waals surface area contributed by atoms with Gasteiger partial charge in [0.2, 0.25) is 5.91 Å². The third-order valence-corrected chi connectivity index (χ3v) is 3.68. The number of aliphatic carboxylic acids is 1. The van der Waals surface area contributed by atoms with Crippen LogP contribution in [0, 0.1) is 0 Å². The lowest BCUT2D eigenvalue weighted by molar-refractivity contribution is -0.148. The Kier molecular flexibility index (Phi) is 5.15. The lowest BCUT2D eigenvalue weighted by Crippen LogP contribution is -2.46. The lowest BCUT2D eigenvalue weighted by atomic mass is 10.1. The van der Waals surface area contributed by atoms with Gasteiger partial charge < -0.3 is 19.5 Å². The molecule has 0 radical (unpaired) electrons. The molecule has 0 unspecified atom stereocenters. The summed E-state index contributed by atoms with van der Waals surface area (Å²) in [6.07, 6.45) is 3.55. The molecule has 1 amide bonds. The monoisotopic (exact) mass is 271 g/mol. The maximum absolute atomic E-state index is 12.3. The van der Waals surface area contributed by atoms with E-state index in [1.165, 1.54) is 4.90 Å². The predicted octanol–water partition coefficient (Wildman–Crippen LogP) is 0.648. The number of rotatable bonds is 5. The molecule has 2 rings (SSSR count). The van der Waals surface area contributed by atoms with Gasteiger partial charge in [0.05, 0.1) is 12.5 Å². The Morgan fingerprint density at radius 2 is 1.89 bits per heavy atom. The minimum atomic E-state index is -0.966. The predicted molar refractivity (Wildman–Crippen MR) is 66.8 cm³/mol. The van der Waals surface area contributed by atoms with Crippen LogP contribution in [-0.2, 0) is 19.1 Å². The first-order chi connectivity index (χ1) is 9.16. The molecular weight excluding hydrogens is 250 g/mol. The van der Waals surface area contributed by atoms with Gasteiger partial charge in [-0.1, -0.05) is 0 Å².